The zero-order valence-electron chi connectivity index (χ0n) is 20.2. The van der Waals surface area contributed by atoms with E-state index in [1.54, 1.807) is 38.3 Å². The molecule has 0 aliphatic heterocycles. The second kappa shape index (κ2) is 18.5. The first-order valence-corrected chi connectivity index (χ1v) is 12.2. The second-order valence-electron chi connectivity index (χ2n) is 6.10. The average Bonchev–Trinajstić information content (AvgIpc) is 2.78. The fourth-order valence-corrected chi connectivity index (χ4v) is 4.37. The topological polar surface area (TPSA) is 72.8 Å². The highest BCUT2D eigenvalue weighted by molar-refractivity contribution is 7.95. The van der Waals surface area contributed by atoms with Crippen molar-refractivity contribution < 1.29 is 24.2 Å². The quantitative estimate of drug-likeness (QED) is 0.440. The predicted molar refractivity (Wildman–Crippen MR) is 131 cm³/mol. The van der Waals surface area contributed by atoms with Crippen LogP contribution >= 0.6 is 0 Å². The minimum Gasteiger partial charge on any atom is -0.508 e. The van der Waals surface area contributed by atoms with Crippen molar-refractivity contribution in [2.75, 3.05) is 20.0 Å². The third kappa shape index (κ3) is 11.6. The van der Waals surface area contributed by atoms with Crippen LogP contribution in [0.25, 0.3) is 0 Å². The van der Waals surface area contributed by atoms with Crippen LogP contribution < -0.4 is 0 Å². The highest BCUT2D eigenvalue weighted by atomic mass is 32.2. The zero-order chi connectivity index (χ0) is 24.4. The number of esters is 1. The van der Waals surface area contributed by atoms with Crippen molar-refractivity contribution >= 4 is 23.7 Å². The maximum Gasteiger partial charge on any atom is 0.338 e. The maximum absolute atomic E-state index is 12.1. The van der Waals surface area contributed by atoms with Gasteiger partial charge in [0.05, 0.1) is 12.2 Å². The molecule has 2 unspecified atom stereocenters. The van der Waals surface area contributed by atoms with Crippen LogP contribution in [0.2, 0.25) is 0 Å². The van der Waals surface area contributed by atoms with Gasteiger partial charge >= 0.3 is 5.97 Å². The molecule has 0 bridgehead atoms. The monoisotopic (exact) mass is 451 g/mol. The molecule has 2 aromatic carbocycles. The average molecular weight is 452 g/mol. The van der Waals surface area contributed by atoms with Gasteiger partial charge in [0.2, 0.25) is 0 Å². The van der Waals surface area contributed by atoms with Gasteiger partial charge in [-0.1, -0.05) is 39.8 Å². The number of carbonyl (C=O) groups excluding carboxylic acids is 2. The van der Waals surface area contributed by atoms with Crippen molar-refractivity contribution in [1.29, 1.82) is 0 Å². The fourth-order valence-electron chi connectivity index (χ4n) is 2.61. The Morgan fingerprint density at radius 3 is 2.10 bits per heavy atom. The Labute approximate surface area is 191 Å². The van der Waals surface area contributed by atoms with E-state index in [0.717, 1.165) is 11.3 Å². The van der Waals surface area contributed by atoms with E-state index in [4.69, 9.17) is 14.3 Å². The van der Waals surface area contributed by atoms with Crippen LogP contribution in [0.4, 0.5) is 0 Å². The van der Waals surface area contributed by atoms with Crippen LogP contribution in [0.3, 0.4) is 0 Å². The summed E-state index contributed by atoms with van der Waals surface area (Å²) in [6.07, 6.45) is 1.92. The fraction of sp³-hybridized carbons (Fsp3) is 0.440. The first-order chi connectivity index (χ1) is 14.9. The molecule has 0 saturated heterocycles. The van der Waals surface area contributed by atoms with Gasteiger partial charge in [-0.3, -0.25) is 0 Å². The Hall–Kier alpha value is -2.31. The summed E-state index contributed by atoms with van der Waals surface area (Å²) in [5.74, 6) is 0.853. The molecule has 1 N–H and O–H groups in total. The molecule has 0 aliphatic carbocycles. The minimum absolute atomic E-state index is 0.0228. The number of phenolic OH excluding ortho intramolecular Hbond substituents is 1. The van der Waals surface area contributed by atoms with Gasteiger partial charge in [0.1, 0.15) is 30.7 Å². The Morgan fingerprint density at radius 2 is 1.61 bits per heavy atom. The molecule has 0 heterocycles. The van der Waals surface area contributed by atoms with E-state index < -0.39 is 0 Å². The van der Waals surface area contributed by atoms with Crippen molar-refractivity contribution in [3.05, 3.63) is 59.2 Å². The molecule has 0 saturated carbocycles. The number of benzene rings is 2. The molecule has 6 heteroatoms. The Bertz CT molecular complexity index is 731. The number of phenols is 1. The summed E-state index contributed by atoms with van der Waals surface area (Å²) in [7, 11) is 1.60. The van der Waals surface area contributed by atoms with Crippen molar-refractivity contribution in [3.8, 4) is 5.75 Å². The van der Waals surface area contributed by atoms with E-state index in [1.165, 1.54) is 10.5 Å². The van der Waals surface area contributed by atoms with E-state index >= 15 is 0 Å². The molecule has 0 radical (unpaired) electrons. The Morgan fingerprint density at radius 1 is 1.06 bits per heavy atom. The third-order valence-corrected chi connectivity index (χ3v) is 5.79. The number of aryl methyl sites for hydroxylation is 1. The molecule has 0 aliphatic rings. The Balaban J connectivity index is 0. The highest BCUT2D eigenvalue weighted by Gasteiger charge is 2.19. The zero-order valence-corrected chi connectivity index (χ0v) is 21.0. The molecule has 5 nitrogen and oxygen atoms in total. The first kappa shape index (κ1) is 30.9. The van der Waals surface area contributed by atoms with Crippen molar-refractivity contribution in [2.24, 2.45) is 0 Å². The van der Waals surface area contributed by atoms with E-state index in [1.807, 2.05) is 59.6 Å². The molecule has 31 heavy (non-hydrogen) atoms. The molecule has 2 rings (SSSR count). The number of carbonyl (C=O) groups is 2. The van der Waals surface area contributed by atoms with Gasteiger partial charge in [-0.25, -0.2) is 4.79 Å². The van der Waals surface area contributed by atoms with Crippen LogP contribution in [0.5, 0.6) is 5.75 Å². The normalized spacial score (nSPS) is 11.2. The predicted octanol–water partition coefficient (Wildman–Crippen LogP) is 5.57. The number of aromatic hydroxyl groups is 1. The van der Waals surface area contributed by atoms with E-state index in [-0.39, 0.29) is 23.0 Å². The number of hydrogen-bond donors (Lipinski definition) is 1. The van der Waals surface area contributed by atoms with Crippen LogP contribution in [-0.2, 0) is 30.9 Å². The largest absolute Gasteiger partial charge is 0.508 e. The summed E-state index contributed by atoms with van der Waals surface area (Å²) in [5, 5.41) is 9.54. The van der Waals surface area contributed by atoms with Gasteiger partial charge in [-0.2, -0.15) is 0 Å². The third-order valence-electron chi connectivity index (χ3n) is 3.82. The SMILES string of the molecule is C=O.CC.CC.COCC(C)OC(=O)c1ccc(C[S+](C)c2ccc(O)cc2C)cc1. The summed E-state index contributed by atoms with van der Waals surface area (Å²) >= 11 is 0. The lowest BCUT2D eigenvalue weighted by Gasteiger charge is -2.12. The van der Waals surface area contributed by atoms with E-state index in [0.29, 0.717) is 17.9 Å². The summed E-state index contributed by atoms with van der Waals surface area (Å²) in [5.41, 5.74) is 2.81. The Kier molecular flexibility index (Phi) is 18.4. The molecule has 0 spiro atoms. The molecule has 0 amide bonds. The summed E-state index contributed by atoms with van der Waals surface area (Å²) in [6.45, 7) is 14.2. The van der Waals surface area contributed by atoms with Crippen LogP contribution in [-0.4, -0.2) is 43.9 Å². The lowest BCUT2D eigenvalue weighted by molar-refractivity contribution is -0.0980. The smallest absolute Gasteiger partial charge is 0.338 e. The van der Waals surface area contributed by atoms with Crippen LogP contribution in [0, 0.1) is 6.92 Å². The van der Waals surface area contributed by atoms with Gasteiger partial charge in [-0.05, 0) is 44.2 Å². The van der Waals surface area contributed by atoms with Crippen molar-refractivity contribution in [3.63, 3.8) is 0 Å². The summed E-state index contributed by atoms with van der Waals surface area (Å²) in [4.78, 5) is 21.3. The number of hydrogen-bond acceptors (Lipinski definition) is 5. The molecule has 0 fully saturated rings. The van der Waals surface area contributed by atoms with Crippen LogP contribution in [0.1, 0.15) is 56.1 Å². The van der Waals surface area contributed by atoms with E-state index in [2.05, 4.69) is 6.26 Å². The summed E-state index contributed by atoms with van der Waals surface area (Å²) < 4.78 is 10.3. The van der Waals surface area contributed by atoms with Gasteiger partial charge in [0, 0.05) is 29.1 Å². The second-order valence-corrected chi connectivity index (χ2v) is 8.10. The summed E-state index contributed by atoms with van der Waals surface area (Å²) in [6, 6.07) is 13.0. The minimum atomic E-state index is -0.332. The standard InChI is InChI=1S/C20H24O4S.2C2H6.CH2O/c1-14-11-18(21)9-10-19(14)25(4)13-16-5-7-17(8-6-16)20(22)24-15(2)12-23-3;3*1-2/h5-11,15H,12-13H2,1-4H3;2*1-2H3;1H2/p+1. The lowest BCUT2D eigenvalue weighted by atomic mass is 10.1. The number of methoxy groups -OCH3 is 1. The van der Waals surface area contributed by atoms with Gasteiger partial charge in [0.25, 0.3) is 0 Å². The highest BCUT2D eigenvalue weighted by Crippen LogP contribution is 2.24. The van der Waals surface area contributed by atoms with Gasteiger partial charge < -0.3 is 19.4 Å². The molecule has 174 valence electrons. The molecule has 0 aromatic heterocycles. The van der Waals surface area contributed by atoms with Gasteiger partial charge in [-0.15, -0.1) is 0 Å². The van der Waals surface area contributed by atoms with Crippen molar-refractivity contribution in [2.45, 2.75) is 58.3 Å². The van der Waals surface area contributed by atoms with Crippen molar-refractivity contribution in [1.82, 2.24) is 0 Å². The number of ether oxygens (including phenoxy) is 2. The van der Waals surface area contributed by atoms with Crippen LogP contribution in [0.15, 0.2) is 47.4 Å². The first-order valence-electron chi connectivity index (χ1n) is 10.4. The molecule has 2 atom stereocenters. The molecular weight excluding hydrogens is 412 g/mol. The van der Waals surface area contributed by atoms with Gasteiger partial charge in [0.15, 0.2) is 4.90 Å². The molecule has 2 aromatic rings. The molecular formula is C25H39O5S+. The number of rotatable bonds is 7. The van der Waals surface area contributed by atoms with E-state index in [9.17, 15) is 9.90 Å². The maximum atomic E-state index is 12.1. The lowest BCUT2D eigenvalue weighted by Crippen LogP contribution is -2.19.